The number of hydrogen-bond acceptors (Lipinski definition) is 7. The van der Waals surface area contributed by atoms with Gasteiger partial charge in [0.25, 0.3) is 0 Å². The normalized spacial score (nSPS) is 11.1. The van der Waals surface area contributed by atoms with Crippen molar-refractivity contribution >= 4 is 40.7 Å². The van der Waals surface area contributed by atoms with E-state index < -0.39 is 12.1 Å². The minimum absolute atomic E-state index is 0.256. The molecule has 1 aromatic heterocycles. The Labute approximate surface area is 213 Å². The number of aromatic nitrogens is 1. The van der Waals surface area contributed by atoms with E-state index in [1.165, 1.54) is 12.3 Å². The zero-order valence-corrected chi connectivity index (χ0v) is 20.1. The predicted octanol–water partition coefficient (Wildman–Crippen LogP) is 3.29. The molecule has 10 nitrogen and oxygen atoms in total. The van der Waals surface area contributed by atoms with Crippen LogP contribution in [0.3, 0.4) is 0 Å². The standard InChI is InChI=1S/C25H26ClN7O3/c26-18-5-8-22(21(13-18)32-25(35)33-23-9-4-17(14-27)15-31-23)36-11-1-10-30-24(34)20(29)12-16-2-6-19(28)7-3-16/h2-9,13,15,20H,1,10-12,28-29H2,(H,30,34)(H2,31,32,33,35)/t20-/m0/s1. The van der Waals surface area contributed by atoms with Crippen LogP contribution in [0.25, 0.3) is 0 Å². The highest BCUT2D eigenvalue weighted by atomic mass is 35.5. The first-order valence-corrected chi connectivity index (χ1v) is 11.5. The topological polar surface area (TPSA) is 168 Å². The molecule has 0 unspecified atom stereocenters. The summed E-state index contributed by atoms with van der Waals surface area (Å²) in [6.45, 7) is 0.651. The molecule has 0 saturated carbocycles. The Bertz CT molecular complexity index is 1230. The summed E-state index contributed by atoms with van der Waals surface area (Å²) in [5, 5.41) is 17.3. The number of carbonyl (C=O) groups excluding carboxylic acids is 2. The van der Waals surface area contributed by atoms with Crippen LogP contribution in [0.1, 0.15) is 17.5 Å². The Hall–Kier alpha value is -4.33. The van der Waals surface area contributed by atoms with Gasteiger partial charge < -0.3 is 26.8 Å². The molecule has 0 aliphatic heterocycles. The van der Waals surface area contributed by atoms with Crippen molar-refractivity contribution in [1.82, 2.24) is 10.3 Å². The number of nitrogens with zero attached hydrogens (tertiary/aromatic N) is 2. The van der Waals surface area contributed by atoms with Gasteiger partial charge in [-0.05, 0) is 60.9 Å². The molecule has 1 atom stereocenters. The van der Waals surface area contributed by atoms with Gasteiger partial charge in [0.1, 0.15) is 17.6 Å². The number of nitrogen functional groups attached to an aromatic ring is 1. The minimum atomic E-state index is -0.675. The number of nitrogens with two attached hydrogens (primary N) is 2. The maximum atomic E-state index is 12.4. The molecule has 3 amide bonds. The van der Waals surface area contributed by atoms with E-state index in [4.69, 9.17) is 33.1 Å². The van der Waals surface area contributed by atoms with Crippen molar-refractivity contribution < 1.29 is 14.3 Å². The summed E-state index contributed by atoms with van der Waals surface area (Å²) in [6, 6.07) is 15.8. The van der Waals surface area contributed by atoms with Gasteiger partial charge in [0.15, 0.2) is 0 Å². The first-order valence-electron chi connectivity index (χ1n) is 11.1. The van der Waals surface area contributed by atoms with Crippen molar-refractivity contribution in [2.24, 2.45) is 5.73 Å². The lowest BCUT2D eigenvalue weighted by molar-refractivity contribution is -0.122. The number of nitriles is 1. The number of halogens is 1. The highest BCUT2D eigenvalue weighted by Gasteiger charge is 2.14. The largest absolute Gasteiger partial charge is 0.491 e. The number of anilines is 3. The van der Waals surface area contributed by atoms with Crippen LogP contribution in [0.15, 0.2) is 60.8 Å². The summed E-state index contributed by atoms with van der Waals surface area (Å²) in [4.78, 5) is 28.6. The van der Waals surface area contributed by atoms with Gasteiger partial charge in [-0.2, -0.15) is 5.26 Å². The molecule has 3 aromatic rings. The zero-order chi connectivity index (χ0) is 25.9. The second-order valence-corrected chi connectivity index (χ2v) is 8.25. The van der Waals surface area contributed by atoms with Crippen LogP contribution in [0, 0.1) is 11.3 Å². The fourth-order valence-corrected chi connectivity index (χ4v) is 3.30. The van der Waals surface area contributed by atoms with Crippen LogP contribution in [-0.2, 0) is 11.2 Å². The molecule has 3 rings (SSSR count). The van der Waals surface area contributed by atoms with E-state index in [0.29, 0.717) is 47.1 Å². The second kappa shape index (κ2) is 12.9. The molecule has 0 aliphatic rings. The Kier molecular flexibility index (Phi) is 9.45. The summed E-state index contributed by atoms with van der Waals surface area (Å²) >= 11 is 6.07. The molecular formula is C25H26ClN7O3. The maximum absolute atomic E-state index is 12.4. The molecule has 2 aromatic carbocycles. The fraction of sp³-hybridized carbons (Fsp3) is 0.200. The lowest BCUT2D eigenvalue weighted by Gasteiger charge is -2.15. The summed E-state index contributed by atoms with van der Waals surface area (Å²) in [7, 11) is 0. The summed E-state index contributed by atoms with van der Waals surface area (Å²) in [5.74, 6) is 0.434. The van der Waals surface area contributed by atoms with Crippen LogP contribution in [-0.4, -0.2) is 36.1 Å². The van der Waals surface area contributed by atoms with Gasteiger partial charge in [0.05, 0.1) is 23.9 Å². The van der Waals surface area contributed by atoms with Gasteiger partial charge in [-0.3, -0.25) is 10.1 Å². The van der Waals surface area contributed by atoms with E-state index in [-0.39, 0.29) is 18.3 Å². The summed E-state index contributed by atoms with van der Waals surface area (Å²) < 4.78 is 5.78. The van der Waals surface area contributed by atoms with Crippen molar-refractivity contribution in [3.8, 4) is 11.8 Å². The molecule has 0 radical (unpaired) electrons. The molecule has 0 fully saturated rings. The zero-order valence-electron chi connectivity index (χ0n) is 19.3. The van der Waals surface area contributed by atoms with Crippen LogP contribution in [0.2, 0.25) is 5.02 Å². The number of pyridine rings is 1. The van der Waals surface area contributed by atoms with E-state index in [0.717, 1.165) is 5.56 Å². The molecule has 0 bridgehead atoms. The van der Waals surface area contributed by atoms with E-state index in [1.54, 1.807) is 36.4 Å². The van der Waals surface area contributed by atoms with Crippen molar-refractivity contribution in [1.29, 1.82) is 5.26 Å². The number of urea groups is 1. The number of rotatable bonds is 10. The SMILES string of the molecule is N#Cc1ccc(NC(=O)Nc2cc(Cl)ccc2OCCCNC(=O)[C@@H](N)Cc2ccc(N)cc2)nc1. The quantitative estimate of drug-likeness (QED) is 0.207. The molecule has 186 valence electrons. The van der Waals surface area contributed by atoms with Crippen LogP contribution in [0.5, 0.6) is 5.75 Å². The molecule has 0 saturated heterocycles. The van der Waals surface area contributed by atoms with Crippen molar-refractivity contribution in [2.45, 2.75) is 18.9 Å². The third-order valence-electron chi connectivity index (χ3n) is 4.97. The number of amides is 3. The average molecular weight is 508 g/mol. The summed E-state index contributed by atoms with van der Waals surface area (Å²) in [6.07, 6.45) is 2.28. The second-order valence-electron chi connectivity index (χ2n) is 7.81. The predicted molar refractivity (Wildman–Crippen MR) is 139 cm³/mol. The number of ether oxygens (including phenoxy) is 1. The lowest BCUT2D eigenvalue weighted by Crippen LogP contribution is -2.42. The molecule has 36 heavy (non-hydrogen) atoms. The molecule has 0 spiro atoms. The highest BCUT2D eigenvalue weighted by molar-refractivity contribution is 6.31. The number of carbonyl (C=O) groups is 2. The van der Waals surface area contributed by atoms with Gasteiger partial charge in [-0.25, -0.2) is 9.78 Å². The lowest BCUT2D eigenvalue weighted by atomic mass is 10.1. The number of nitrogens with one attached hydrogen (secondary N) is 3. The van der Waals surface area contributed by atoms with E-state index >= 15 is 0 Å². The number of hydrogen-bond donors (Lipinski definition) is 5. The van der Waals surface area contributed by atoms with Crippen LogP contribution < -0.4 is 32.2 Å². The Balaban J connectivity index is 1.44. The Morgan fingerprint density at radius 1 is 1.11 bits per heavy atom. The Morgan fingerprint density at radius 3 is 2.58 bits per heavy atom. The average Bonchev–Trinajstić information content (AvgIpc) is 2.86. The molecule has 0 aliphatic carbocycles. The number of benzene rings is 2. The molecule has 7 N–H and O–H groups in total. The fourth-order valence-electron chi connectivity index (χ4n) is 3.13. The third-order valence-corrected chi connectivity index (χ3v) is 5.21. The smallest absolute Gasteiger partial charge is 0.324 e. The van der Waals surface area contributed by atoms with Crippen molar-refractivity contribution in [3.63, 3.8) is 0 Å². The monoisotopic (exact) mass is 507 g/mol. The van der Waals surface area contributed by atoms with Gasteiger partial charge in [-0.1, -0.05) is 23.7 Å². The van der Waals surface area contributed by atoms with Gasteiger partial charge in [0, 0.05) is 23.5 Å². The van der Waals surface area contributed by atoms with Gasteiger partial charge in [-0.15, -0.1) is 0 Å². The van der Waals surface area contributed by atoms with E-state index in [9.17, 15) is 9.59 Å². The van der Waals surface area contributed by atoms with Crippen LogP contribution in [0.4, 0.5) is 22.0 Å². The summed E-state index contributed by atoms with van der Waals surface area (Å²) in [5.41, 5.74) is 14.0. The first kappa shape index (κ1) is 26.3. The Morgan fingerprint density at radius 2 is 1.89 bits per heavy atom. The maximum Gasteiger partial charge on any atom is 0.324 e. The highest BCUT2D eigenvalue weighted by Crippen LogP contribution is 2.28. The van der Waals surface area contributed by atoms with Crippen LogP contribution >= 0.6 is 11.6 Å². The van der Waals surface area contributed by atoms with E-state index in [2.05, 4.69) is 20.9 Å². The van der Waals surface area contributed by atoms with Crippen molar-refractivity contribution in [2.75, 3.05) is 29.5 Å². The van der Waals surface area contributed by atoms with Gasteiger partial charge in [0.2, 0.25) is 5.91 Å². The van der Waals surface area contributed by atoms with Gasteiger partial charge >= 0.3 is 6.03 Å². The molecule has 1 heterocycles. The third kappa shape index (κ3) is 8.16. The molecule has 11 heteroatoms. The first-order chi connectivity index (χ1) is 17.3. The molecular weight excluding hydrogens is 482 g/mol. The minimum Gasteiger partial charge on any atom is -0.491 e. The van der Waals surface area contributed by atoms with Crippen molar-refractivity contribution in [3.05, 3.63) is 76.9 Å². The van der Waals surface area contributed by atoms with E-state index in [1.807, 2.05) is 18.2 Å².